The molecule has 0 saturated carbocycles. The number of rotatable bonds is 6. The van der Waals surface area contributed by atoms with Crippen LogP contribution in [-0.2, 0) is 20.9 Å². The second-order valence-corrected chi connectivity index (χ2v) is 6.63. The highest BCUT2D eigenvalue weighted by atomic mass is 32.2. The molecule has 1 amide bonds. The molecule has 1 saturated heterocycles. The molecule has 9 heteroatoms. The van der Waals surface area contributed by atoms with Crippen LogP contribution in [-0.4, -0.2) is 77.1 Å². The van der Waals surface area contributed by atoms with Crippen LogP contribution < -0.4 is 0 Å². The fraction of sp³-hybridized carbons (Fsp3) is 0.421. The number of benzene rings is 1. The maximum absolute atomic E-state index is 11.6. The van der Waals surface area contributed by atoms with Gasteiger partial charge in [-0.15, -0.1) is 11.8 Å². The molecule has 1 aliphatic rings. The van der Waals surface area contributed by atoms with Crippen molar-refractivity contribution < 1.29 is 29.3 Å². The highest BCUT2D eigenvalue weighted by Crippen LogP contribution is 2.21. The van der Waals surface area contributed by atoms with Gasteiger partial charge in [0.15, 0.2) is 0 Å². The van der Waals surface area contributed by atoms with Crippen LogP contribution in [0.2, 0.25) is 0 Å². The molecule has 0 atom stereocenters. The molecule has 0 spiro atoms. The van der Waals surface area contributed by atoms with E-state index in [1.807, 2.05) is 6.92 Å². The standard InChI is InChI=1S/C15H22N2O2S.C4H4O4/c1-3-19-15(18)17-10-8-16(9-11-17)12-13-6-4-5-7-14(13)20-2;5-3(6)1-2-4(7)8/h4-7H,3,8-12H2,1-2H3;1-2H,(H,5,6)(H,7,8)/b;2-1-. The van der Waals surface area contributed by atoms with Crippen LogP contribution in [0.1, 0.15) is 12.5 Å². The van der Waals surface area contributed by atoms with Gasteiger partial charge in [0.1, 0.15) is 0 Å². The topological polar surface area (TPSA) is 107 Å². The number of ether oxygens (including phenoxy) is 1. The van der Waals surface area contributed by atoms with E-state index in [4.69, 9.17) is 14.9 Å². The van der Waals surface area contributed by atoms with Crippen molar-refractivity contribution in [2.75, 3.05) is 39.0 Å². The van der Waals surface area contributed by atoms with Crippen molar-refractivity contribution in [2.45, 2.75) is 18.4 Å². The highest BCUT2D eigenvalue weighted by molar-refractivity contribution is 7.98. The van der Waals surface area contributed by atoms with Crippen molar-refractivity contribution in [3.05, 3.63) is 42.0 Å². The van der Waals surface area contributed by atoms with Crippen molar-refractivity contribution >= 4 is 29.8 Å². The van der Waals surface area contributed by atoms with Gasteiger partial charge in [0.05, 0.1) is 6.61 Å². The van der Waals surface area contributed by atoms with Crippen LogP contribution in [0, 0.1) is 0 Å². The van der Waals surface area contributed by atoms with Gasteiger partial charge in [0, 0.05) is 49.8 Å². The molecule has 0 bridgehead atoms. The second-order valence-electron chi connectivity index (χ2n) is 5.78. The van der Waals surface area contributed by atoms with Gasteiger partial charge in [-0.2, -0.15) is 0 Å². The van der Waals surface area contributed by atoms with Gasteiger partial charge in [-0.05, 0) is 24.8 Å². The van der Waals surface area contributed by atoms with Crippen molar-refractivity contribution in [1.29, 1.82) is 0 Å². The first-order valence-electron chi connectivity index (χ1n) is 8.77. The smallest absolute Gasteiger partial charge is 0.409 e. The third-order valence-corrected chi connectivity index (χ3v) is 4.69. The molecule has 1 aromatic carbocycles. The molecule has 1 aliphatic heterocycles. The van der Waals surface area contributed by atoms with E-state index in [0.717, 1.165) is 32.7 Å². The molecule has 2 rings (SSSR count). The Labute approximate surface area is 168 Å². The summed E-state index contributed by atoms with van der Waals surface area (Å²) in [5.41, 5.74) is 1.37. The van der Waals surface area contributed by atoms with Gasteiger partial charge in [0.25, 0.3) is 0 Å². The van der Waals surface area contributed by atoms with Crippen molar-refractivity contribution in [2.24, 2.45) is 0 Å². The lowest BCUT2D eigenvalue weighted by atomic mass is 10.2. The third-order valence-electron chi connectivity index (χ3n) is 3.85. The zero-order chi connectivity index (χ0) is 20.9. The first-order chi connectivity index (χ1) is 13.4. The number of amides is 1. The fourth-order valence-corrected chi connectivity index (χ4v) is 3.13. The first-order valence-corrected chi connectivity index (χ1v) is 9.99. The van der Waals surface area contributed by atoms with E-state index in [0.29, 0.717) is 18.8 Å². The predicted molar refractivity (Wildman–Crippen MR) is 107 cm³/mol. The Kier molecular flexibility index (Phi) is 10.7. The number of aliphatic carboxylic acids is 2. The van der Waals surface area contributed by atoms with Gasteiger partial charge in [-0.25, -0.2) is 14.4 Å². The van der Waals surface area contributed by atoms with E-state index in [1.54, 1.807) is 16.7 Å². The van der Waals surface area contributed by atoms with E-state index < -0.39 is 11.9 Å². The van der Waals surface area contributed by atoms with Gasteiger partial charge in [0.2, 0.25) is 0 Å². The fourth-order valence-electron chi connectivity index (χ4n) is 2.52. The van der Waals surface area contributed by atoms with E-state index in [9.17, 15) is 14.4 Å². The molecule has 8 nitrogen and oxygen atoms in total. The summed E-state index contributed by atoms with van der Waals surface area (Å²) in [5, 5.41) is 15.6. The molecule has 1 fully saturated rings. The maximum atomic E-state index is 11.6. The van der Waals surface area contributed by atoms with Crippen molar-refractivity contribution in [3.8, 4) is 0 Å². The van der Waals surface area contributed by atoms with Crippen LogP contribution in [0.15, 0.2) is 41.3 Å². The van der Waals surface area contributed by atoms with Crippen LogP contribution in [0.5, 0.6) is 0 Å². The van der Waals surface area contributed by atoms with Crippen LogP contribution in [0.3, 0.4) is 0 Å². The minimum Gasteiger partial charge on any atom is -0.478 e. The molecule has 154 valence electrons. The van der Waals surface area contributed by atoms with Gasteiger partial charge >= 0.3 is 18.0 Å². The summed E-state index contributed by atoms with van der Waals surface area (Å²) in [6.07, 6.45) is 3.04. The largest absolute Gasteiger partial charge is 0.478 e. The molecule has 0 unspecified atom stereocenters. The molecule has 1 heterocycles. The minimum atomic E-state index is -1.26. The van der Waals surface area contributed by atoms with E-state index in [2.05, 4.69) is 35.4 Å². The lowest BCUT2D eigenvalue weighted by molar-refractivity contribution is -0.134. The third kappa shape index (κ3) is 8.92. The van der Waals surface area contributed by atoms with Gasteiger partial charge in [-0.1, -0.05) is 18.2 Å². The SMILES string of the molecule is CCOC(=O)N1CCN(Cc2ccccc2SC)CC1.O=C(O)/C=C\C(=O)O. The van der Waals surface area contributed by atoms with Crippen molar-refractivity contribution in [3.63, 3.8) is 0 Å². The van der Waals surface area contributed by atoms with E-state index in [-0.39, 0.29) is 6.09 Å². The Morgan fingerprint density at radius 1 is 1.07 bits per heavy atom. The molecule has 2 N–H and O–H groups in total. The first kappa shape index (κ1) is 23.5. The van der Waals surface area contributed by atoms with Crippen LogP contribution in [0.25, 0.3) is 0 Å². The van der Waals surface area contributed by atoms with E-state index in [1.165, 1.54) is 10.5 Å². The Balaban J connectivity index is 0.000000416. The Bertz CT molecular complexity index is 671. The van der Waals surface area contributed by atoms with Crippen LogP contribution >= 0.6 is 11.8 Å². The Morgan fingerprint density at radius 3 is 2.14 bits per heavy atom. The summed E-state index contributed by atoms with van der Waals surface area (Å²) in [5.74, 6) is -2.51. The summed E-state index contributed by atoms with van der Waals surface area (Å²) in [6.45, 7) is 6.55. The molecular formula is C19H26N2O6S. The zero-order valence-electron chi connectivity index (χ0n) is 16.0. The molecule has 0 aromatic heterocycles. The number of carboxylic acid groups (broad SMARTS) is 2. The summed E-state index contributed by atoms with van der Waals surface area (Å²) in [7, 11) is 0. The normalized spacial score (nSPS) is 14.3. The average molecular weight is 410 g/mol. The molecular weight excluding hydrogens is 384 g/mol. The second kappa shape index (κ2) is 12.8. The summed E-state index contributed by atoms with van der Waals surface area (Å²) in [6, 6.07) is 8.51. The lowest BCUT2D eigenvalue weighted by Crippen LogP contribution is -2.48. The Morgan fingerprint density at radius 2 is 1.64 bits per heavy atom. The van der Waals surface area contributed by atoms with Gasteiger partial charge < -0.3 is 19.8 Å². The number of carbonyl (C=O) groups excluding carboxylic acids is 1. The number of carbonyl (C=O) groups is 3. The lowest BCUT2D eigenvalue weighted by Gasteiger charge is -2.34. The summed E-state index contributed by atoms with van der Waals surface area (Å²) >= 11 is 1.78. The predicted octanol–water partition coefficient (Wildman–Crippen LogP) is 2.39. The van der Waals surface area contributed by atoms with Gasteiger partial charge in [-0.3, -0.25) is 4.90 Å². The summed E-state index contributed by atoms with van der Waals surface area (Å²) < 4.78 is 5.04. The Hall–Kier alpha value is -2.52. The van der Waals surface area contributed by atoms with E-state index >= 15 is 0 Å². The number of piperazine rings is 1. The number of carboxylic acids is 2. The zero-order valence-corrected chi connectivity index (χ0v) is 16.9. The van der Waals surface area contributed by atoms with Crippen LogP contribution in [0.4, 0.5) is 4.79 Å². The monoisotopic (exact) mass is 410 g/mol. The molecule has 28 heavy (non-hydrogen) atoms. The van der Waals surface area contributed by atoms with Crippen molar-refractivity contribution in [1.82, 2.24) is 9.80 Å². The highest BCUT2D eigenvalue weighted by Gasteiger charge is 2.22. The number of nitrogens with zero attached hydrogens (tertiary/aromatic N) is 2. The molecule has 1 aromatic rings. The quantitative estimate of drug-likeness (QED) is 0.544. The molecule has 0 aliphatic carbocycles. The number of hydrogen-bond donors (Lipinski definition) is 2. The minimum absolute atomic E-state index is 0.184. The number of hydrogen-bond acceptors (Lipinski definition) is 6. The molecule has 0 radical (unpaired) electrons. The maximum Gasteiger partial charge on any atom is 0.409 e. The average Bonchev–Trinajstić information content (AvgIpc) is 2.68. The summed E-state index contributed by atoms with van der Waals surface area (Å²) in [4.78, 5) is 36.3. The number of thioether (sulfide) groups is 1.